The van der Waals surface area contributed by atoms with Gasteiger partial charge in [-0.25, -0.2) is 0 Å². The van der Waals surface area contributed by atoms with Gasteiger partial charge in [0.05, 0.1) is 32.1 Å². The summed E-state index contributed by atoms with van der Waals surface area (Å²) in [4.78, 5) is 22.3. The molecule has 2 atom stereocenters. The highest BCUT2D eigenvalue weighted by atomic mass is 16.5. The van der Waals surface area contributed by atoms with Crippen molar-refractivity contribution >= 4 is 11.9 Å². The molecule has 2 aliphatic rings. The molecule has 2 aliphatic carbocycles. The van der Waals surface area contributed by atoms with Crippen molar-refractivity contribution in [2.24, 2.45) is 29.6 Å². The Kier molecular flexibility index (Phi) is 11.9. The highest BCUT2D eigenvalue weighted by Gasteiger charge is 2.31. The minimum atomic E-state index is -0.338. The lowest BCUT2D eigenvalue weighted by Gasteiger charge is -2.16. The fourth-order valence-corrected chi connectivity index (χ4v) is 3.86. The fourth-order valence-electron chi connectivity index (χ4n) is 3.86. The second-order valence-corrected chi connectivity index (χ2v) is 9.10. The van der Waals surface area contributed by atoms with E-state index in [1.165, 1.54) is 44.9 Å². The number of hydrogen-bond acceptors (Lipinski definition) is 5. The largest absolute Gasteiger partial charge is 0.465 e. The van der Waals surface area contributed by atoms with Gasteiger partial charge in [0.15, 0.2) is 0 Å². The first kappa shape index (κ1) is 24.5. The molecule has 0 heterocycles. The zero-order valence-corrected chi connectivity index (χ0v) is 18.2. The molecule has 2 rings (SSSR count). The molecule has 160 valence electrons. The number of ether oxygens (including phenoxy) is 2. The van der Waals surface area contributed by atoms with Crippen molar-refractivity contribution in [3.63, 3.8) is 0 Å². The van der Waals surface area contributed by atoms with Crippen molar-refractivity contribution in [2.75, 3.05) is 13.2 Å². The third-order valence-electron chi connectivity index (χ3n) is 5.41. The second-order valence-electron chi connectivity index (χ2n) is 9.10. The molecular weight excluding hydrogens is 354 g/mol. The van der Waals surface area contributed by atoms with Gasteiger partial charge < -0.3 is 9.47 Å². The standard InChI is InChI=1S/C12H22O4.C11H17N/c1-9(2)7-15-11(13)5-6-12(14)16-8-10(3)4;12-8-9-5-6-11(7-9)10-3-1-2-4-10/h9-10H,5-8H2,1-4H3;9-11H,1-7H2. The van der Waals surface area contributed by atoms with Crippen LogP contribution >= 0.6 is 0 Å². The molecule has 2 fully saturated rings. The summed E-state index contributed by atoms with van der Waals surface area (Å²) >= 11 is 0. The summed E-state index contributed by atoms with van der Waals surface area (Å²) in [6.45, 7) is 8.66. The van der Waals surface area contributed by atoms with Crippen LogP contribution in [0.2, 0.25) is 0 Å². The summed E-state index contributed by atoms with van der Waals surface area (Å²) in [5.41, 5.74) is 0. The molecule has 0 spiro atoms. The molecule has 28 heavy (non-hydrogen) atoms. The Morgan fingerprint density at radius 1 is 0.857 bits per heavy atom. The molecule has 2 unspecified atom stereocenters. The Balaban J connectivity index is 0.000000289. The van der Waals surface area contributed by atoms with Gasteiger partial charge in [0.1, 0.15) is 0 Å². The zero-order chi connectivity index (χ0) is 20.9. The fraction of sp³-hybridized carbons (Fsp3) is 0.870. The molecular formula is C23H39NO4. The van der Waals surface area contributed by atoms with Crippen molar-refractivity contribution < 1.29 is 19.1 Å². The summed E-state index contributed by atoms with van der Waals surface area (Å²) in [7, 11) is 0. The van der Waals surface area contributed by atoms with E-state index in [4.69, 9.17) is 14.7 Å². The van der Waals surface area contributed by atoms with Crippen molar-refractivity contribution in [2.45, 2.75) is 85.5 Å². The molecule has 0 aliphatic heterocycles. The van der Waals surface area contributed by atoms with Crippen LogP contribution in [0.15, 0.2) is 0 Å². The molecule has 0 N–H and O–H groups in total. The van der Waals surface area contributed by atoms with E-state index in [9.17, 15) is 9.59 Å². The lowest BCUT2D eigenvalue weighted by atomic mass is 9.89. The first-order valence-corrected chi connectivity index (χ1v) is 11.0. The number of carbonyl (C=O) groups excluding carboxylic acids is 2. The number of rotatable bonds is 8. The van der Waals surface area contributed by atoms with Crippen LogP contribution in [-0.2, 0) is 19.1 Å². The lowest BCUT2D eigenvalue weighted by molar-refractivity contribution is -0.151. The maximum absolute atomic E-state index is 11.2. The Hall–Kier alpha value is -1.57. The predicted octanol–water partition coefficient (Wildman–Crippen LogP) is 5.28. The average molecular weight is 394 g/mol. The summed E-state index contributed by atoms with van der Waals surface area (Å²) < 4.78 is 9.87. The molecule has 2 saturated carbocycles. The maximum Gasteiger partial charge on any atom is 0.306 e. The van der Waals surface area contributed by atoms with E-state index in [0.29, 0.717) is 31.0 Å². The quantitative estimate of drug-likeness (QED) is 0.524. The number of esters is 2. The van der Waals surface area contributed by atoms with Gasteiger partial charge in [0.2, 0.25) is 0 Å². The molecule has 0 aromatic heterocycles. The third-order valence-corrected chi connectivity index (χ3v) is 5.41. The summed E-state index contributed by atoms with van der Waals surface area (Å²) in [6.07, 6.45) is 9.71. The van der Waals surface area contributed by atoms with E-state index in [0.717, 1.165) is 11.8 Å². The van der Waals surface area contributed by atoms with Gasteiger partial charge in [-0.15, -0.1) is 0 Å². The van der Waals surface area contributed by atoms with Gasteiger partial charge in [-0.3, -0.25) is 9.59 Å². The normalized spacial score (nSPS) is 21.9. The van der Waals surface area contributed by atoms with Gasteiger partial charge >= 0.3 is 11.9 Å². The van der Waals surface area contributed by atoms with Gasteiger partial charge in [0.25, 0.3) is 0 Å². The van der Waals surface area contributed by atoms with Crippen molar-refractivity contribution in [1.29, 1.82) is 5.26 Å². The number of hydrogen-bond donors (Lipinski definition) is 0. The Morgan fingerprint density at radius 2 is 1.36 bits per heavy atom. The molecule has 0 aromatic carbocycles. The van der Waals surface area contributed by atoms with Crippen LogP contribution in [0.1, 0.15) is 85.5 Å². The summed E-state index contributed by atoms with van der Waals surface area (Å²) in [6, 6.07) is 2.42. The molecule has 5 heteroatoms. The first-order valence-electron chi connectivity index (χ1n) is 11.0. The van der Waals surface area contributed by atoms with Crippen LogP contribution in [0.5, 0.6) is 0 Å². The topological polar surface area (TPSA) is 76.4 Å². The lowest BCUT2D eigenvalue weighted by Crippen LogP contribution is -2.14. The van der Waals surface area contributed by atoms with E-state index in [-0.39, 0.29) is 24.8 Å². The average Bonchev–Trinajstić information content (AvgIpc) is 3.34. The van der Waals surface area contributed by atoms with Gasteiger partial charge in [0, 0.05) is 5.92 Å². The van der Waals surface area contributed by atoms with Crippen LogP contribution < -0.4 is 0 Å². The molecule has 0 aromatic rings. The van der Waals surface area contributed by atoms with E-state index in [2.05, 4.69) is 6.07 Å². The van der Waals surface area contributed by atoms with E-state index in [1.54, 1.807) is 0 Å². The molecule has 0 saturated heterocycles. The Labute approximate surface area is 171 Å². The van der Waals surface area contributed by atoms with Gasteiger partial charge in [-0.05, 0) is 42.9 Å². The van der Waals surface area contributed by atoms with Crippen LogP contribution in [0.3, 0.4) is 0 Å². The van der Waals surface area contributed by atoms with E-state index < -0.39 is 0 Å². The molecule has 0 bridgehead atoms. The zero-order valence-electron chi connectivity index (χ0n) is 18.2. The minimum absolute atomic E-state index is 0.101. The SMILES string of the molecule is CC(C)COC(=O)CCC(=O)OCC(C)C.N#CC1CCC(C2CCCC2)C1. The highest BCUT2D eigenvalue weighted by molar-refractivity contribution is 5.77. The molecule has 0 radical (unpaired) electrons. The Morgan fingerprint density at radius 3 is 1.75 bits per heavy atom. The predicted molar refractivity (Wildman–Crippen MR) is 109 cm³/mol. The Bertz CT molecular complexity index is 479. The number of nitrogens with zero attached hydrogens (tertiary/aromatic N) is 1. The van der Waals surface area contributed by atoms with Crippen LogP contribution in [0, 0.1) is 40.9 Å². The van der Waals surface area contributed by atoms with Crippen molar-refractivity contribution in [1.82, 2.24) is 0 Å². The molecule has 0 amide bonds. The molecule has 5 nitrogen and oxygen atoms in total. The number of nitriles is 1. The van der Waals surface area contributed by atoms with Crippen molar-refractivity contribution in [3.8, 4) is 6.07 Å². The van der Waals surface area contributed by atoms with Gasteiger partial charge in [-0.2, -0.15) is 5.26 Å². The van der Waals surface area contributed by atoms with E-state index >= 15 is 0 Å². The first-order chi connectivity index (χ1) is 13.3. The monoisotopic (exact) mass is 393 g/mol. The summed E-state index contributed by atoms with van der Waals surface area (Å²) in [5, 5.41) is 8.78. The van der Waals surface area contributed by atoms with Crippen LogP contribution in [0.25, 0.3) is 0 Å². The minimum Gasteiger partial charge on any atom is -0.465 e. The second kappa shape index (κ2) is 13.6. The van der Waals surface area contributed by atoms with Crippen LogP contribution in [0.4, 0.5) is 0 Å². The highest BCUT2D eigenvalue weighted by Crippen LogP contribution is 2.42. The van der Waals surface area contributed by atoms with Crippen molar-refractivity contribution in [3.05, 3.63) is 0 Å². The van der Waals surface area contributed by atoms with Gasteiger partial charge in [-0.1, -0.05) is 53.4 Å². The summed E-state index contributed by atoms with van der Waals surface area (Å²) in [5.74, 6) is 2.26. The maximum atomic E-state index is 11.2. The number of carbonyl (C=O) groups is 2. The third kappa shape index (κ3) is 10.7. The van der Waals surface area contributed by atoms with Crippen LogP contribution in [-0.4, -0.2) is 25.2 Å². The van der Waals surface area contributed by atoms with E-state index in [1.807, 2.05) is 27.7 Å². The smallest absolute Gasteiger partial charge is 0.306 e.